The molecule has 1 aliphatic rings. The van der Waals surface area contributed by atoms with Crippen molar-refractivity contribution in [1.82, 2.24) is 10.6 Å². The summed E-state index contributed by atoms with van der Waals surface area (Å²) in [4.78, 5) is 24.2. The quantitative estimate of drug-likeness (QED) is 0.785. The number of carbonyl (C=O) groups is 2. The minimum atomic E-state index is -0.928. The molecule has 0 bridgehead atoms. The summed E-state index contributed by atoms with van der Waals surface area (Å²) in [6.07, 6.45) is 4.42. The van der Waals surface area contributed by atoms with Gasteiger partial charge in [-0.2, -0.15) is 5.26 Å². The molecule has 2 N–H and O–H groups in total. The molecule has 6 nitrogen and oxygen atoms in total. The first-order valence-corrected chi connectivity index (χ1v) is 9.10. The molecule has 1 atom stereocenters. The van der Waals surface area contributed by atoms with Gasteiger partial charge in [0.1, 0.15) is 11.3 Å². The molecule has 1 saturated carbocycles. The van der Waals surface area contributed by atoms with Crippen molar-refractivity contribution in [2.75, 3.05) is 6.61 Å². The van der Waals surface area contributed by atoms with Gasteiger partial charge in [0.2, 0.25) is 0 Å². The maximum Gasteiger partial charge on any atom is 0.259 e. The number of nitriles is 1. The van der Waals surface area contributed by atoms with E-state index in [1.807, 2.05) is 13.8 Å². The Morgan fingerprint density at radius 3 is 2.42 bits per heavy atom. The second-order valence-electron chi connectivity index (χ2n) is 7.28. The molecule has 0 heterocycles. The maximum atomic E-state index is 12.2. The lowest BCUT2D eigenvalue weighted by molar-refractivity contribution is -0.124. The van der Waals surface area contributed by atoms with Crippen LogP contribution in [-0.2, 0) is 4.79 Å². The summed E-state index contributed by atoms with van der Waals surface area (Å²) >= 11 is 0. The van der Waals surface area contributed by atoms with Gasteiger partial charge in [0.15, 0.2) is 6.61 Å². The van der Waals surface area contributed by atoms with Crippen LogP contribution in [0.3, 0.4) is 0 Å². The zero-order chi connectivity index (χ0) is 19.2. The van der Waals surface area contributed by atoms with E-state index in [2.05, 4.69) is 16.7 Å². The molecule has 0 aliphatic heterocycles. The van der Waals surface area contributed by atoms with E-state index < -0.39 is 5.54 Å². The van der Waals surface area contributed by atoms with Gasteiger partial charge in [0.05, 0.1) is 6.07 Å². The molecular formula is C20H27N3O3. The number of hydrogen-bond donors (Lipinski definition) is 2. The highest BCUT2D eigenvalue weighted by Gasteiger charge is 2.30. The molecule has 6 heteroatoms. The van der Waals surface area contributed by atoms with Crippen LogP contribution in [0.15, 0.2) is 24.3 Å². The summed E-state index contributed by atoms with van der Waals surface area (Å²) in [6.45, 7) is 5.25. The highest BCUT2D eigenvalue weighted by atomic mass is 16.5. The van der Waals surface area contributed by atoms with Crippen LogP contribution in [-0.4, -0.2) is 30.0 Å². The third-order valence-electron chi connectivity index (χ3n) is 4.96. The Bertz CT molecular complexity index is 673. The summed E-state index contributed by atoms with van der Waals surface area (Å²) in [5.74, 6) is 0.0450. The van der Waals surface area contributed by atoms with Gasteiger partial charge in [-0.05, 0) is 49.9 Å². The van der Waals surface area contributed by atoms with Gasteiger partial charge in [0.25, 0.3) is 11.8 Å². The topological polar surface area (TPSA) is 91.2 Å². The molecule has 140 valence electrons. The second-order valence-corrected chi connectivity index (χ2v) is 7.28. The molecule has 0 radical (unpaired) electrons. The zero-order valence-electron chi connectivity index (χ0n) is 15.7. The lowest BCUT2D eigenvalue weighted by atomic mass is 9.90. The molecule has 1 aliphatic carbocycles. The zero-order valence-corrected chi connectivity index (χ0v) is 15.7. The van der Waals surface area contributed by atoms with Crippen LogP contribution >= 0.6 is 0 Å². The Hall–Kier alpha value is -2.55. The van der Waals surface area contributed by atoms with Crippen molar-refractivity contribution in [1.29, 1.82) is 5.26 Å². The number of nitrogens with one attached hydrogen (secondary N) is 2. The number of benzene rings is 1. The third kappa shape index (κ3) is 5.22. The number of carbonyl (C=O) groups excluding carboxylic acids is 2. The lowest BCUT2D eigenvalue weighted by Gasteiger charge is -2.27. The van der Waals surface area contributed by atoms with E-state index in [0.717, 1.165) is 12.8 Å². The molecule has 2 amide bonds. The average molecular weight is 357 g/mol. The Labute approximate surface area is 154 Å². The standard InChI is InChI=1S/C20H27N3O3/c1-14(2)20(3,13-21)23-18(24)12-26-17-10-8-15(9-11-17)19(25)22-16-6-4-5-7-16/h8-11,14,16H,4-7,12H2,1-3H3,(H,22,25)(H,23,24). The van der Waals surface area contributed by atoms with E-state index >= 15 is 0 Å². The molecule has 1 fully saturated rings. The van der Waals surface area contributed by atoms with Gasteiger partial charge in [-0.25, -0.2) is 0 Å². The summed E-state index contributed by atoms with van der Waals surface area (Å²) in [5.41, 5.74) is -0.353. The Morgan fingerprint density at radius 2 is 1.88 bits per heavy atom. The van der Waals surface area contributed by atoms with E-state index in [1.165, 1.54) is 12.8 Å². The van der Waals surface area contributed by atoms with Crippen molar-refractivity contribution in [3.63, 3.8) is 0 Å². The molecule has 2 rings (SSSR count). The molecule has 1 unspecified atom stereocenters. The Balaban J connectivity index is 1.84. The number of hydrogen-bond acceptors (Lipinski definition) is 4. The van der Waals surface area contributed by atoms with Gasteiger partial charge >= 0.3 is 0 Å². The molecular weight excluding hydrogens is 330 g/mol. The van der Waals surface area contributed by atoms with Crippen LogP contribution in [0.4, 0.5) is 0 Å². The molecule has 1 aromatic carbocycles. The first kappa shape index (κ1) is 19.8. The normalized spacial score (nSPS) is 16.6. The Kier molecular flexibility index (Phi) is 6.62. The van der Waals surface area contributed by atoms with Crippen LogP contribution in [0.25, 0.3) is 0 Å². The van der Waals surface area contributed by atoms with Crippen molar-refractivity contribution in [3.05, 3.63) is 29.8 Å². The van der Waals surface area contributed by atoms with Gasteiger partial charge in [0, 0.05) is 11.6 Å². The smallest absolute Gasteiger partial charge is 0.259 e. The molecule has 0 spiro atoms. The fourth-order valence-electron chi connectivity index (χ4n) is 2.82. The summed E-state index contributed by atoms with van der Waals surface area (Å²) in [7, 11) is 0. The van der Waals surface area contributed by atoms with Crippen molar-refractivity contribution in [2.45, 2.75) is 58.0 Å². The number of nitrogens with zero attached hydrogens (tertiary/aromatic N) is 1. The fraction of sp³-hybridized carbons (Fsp3) is 0.550. The minimum absolute atomic E-state index is 0.0193. The van der Waals surface area contributed by atoms with Gasteiger partial charge in [-0.15, -0.1) is 0 Å². The van der Waals surface area contributed by atoms with Crippen molar-refractivity contribution >= 4 is 11.8 Å². The monoisotopic (exact) mass is 357 g/mol. The Morgan fingerprint density at radius 1 is 1.27 bits per heavy atom. The van der Waals surface area contributed by atoms with Gasteiger partial charge in [-0.1, -0.05) is 26.7 Å². The van der Waals surface area contributed by atoms with Crippen LogP contribution in [0.1, 0.15) is 56.8 Å². The fourth-order valence-corrected chi connectivity index (χ4v) is 2.82. The summed E-state index contributed by atoms with van der Waals surface area (Å²) in [5, 5.41) is 15.0. The predicted molar refractivity (Wildman–Crippen MR) is 98.7 cm³/mol. The van der Waals surface area contributed by atoms with Crippen LogP contribution < -0.4 is 15.4 Å². The molecule has 26 heavy (non-hydrogen) atoms. The van der Waals surface area contributed by atoms with Crippen molar-refractivity contribution in [2.24, 2.45) is 5.92 Å². The number of ether oxygens (including phenoxy) is 1. The van der Waals surface area contributed by atoms with E-state index in [0.29, 0.717) is 11.3 Å². The summed E-state index contributed by atoms with van der Waals surface area (Å²) < 4.78 is 5.45. The molecule has 0 aromatic heterocycles. The maximum absolute atomic E-state index is 12.2. The minimum Gasteiger partial charge on any atom is -0.484 e. The van der Waals surface area contributed by atoms with Crippen LogP contribution in [0.5, 0.6) is 5.75 Å². The predicted octanol–water partition coefficient (Wildman–Crippen LogP) is 2.79. The summed E-state index contributed by atoms with van der Waals surface area (Å²) in [6, 6.07) is 9.11. The average Bonchev–Trinajstić information content (AvgIpc) is 3.13. The van der Waals surface area contributed by atoms with E-state index in [4.69, 9.17) is 4.74 Å². The largest absolute Gasteiger partial charge is 0.484 e. The highest BCUT2D eigenvalue weighted by molar-refractivity contribution is 5.94. The molecule has 1 aromatic rings. The number of rotatable bonds is 7. The second kappa shape index (κ2) is 8.70. The number of amides is 2. The first-order chi connectivity index (χ1) is 12.3. The van der Waals surface area contributed by atoms with Crippen LogP contribution in [0.2, 0.25) is 0 Å². The van der Waals surface area contributed by atoms with E-state index in [1.54, 1.807) is 31.2 Å². The van der Waals surface area contributed by atoms with Gasteiger partial charge < -0.3 is 15.4 Å². The van der Waals surface area contributed by atoms with E-state index in [-0.39, 0.29) is 30.4 Å². The third-order valence-corrected chi connectivity index (χ3v) is 4.96. The van der Waals surface area contributed by atoms with Gasteiger partial charge in [-0.3, -0.25) is 9.59 Å². The SMILES string of the molecule is CC(C)C(C)(C#N)NC(=O)COc1ccc(C(=O)NC2CCCC2)cc1. The first-order valence-electron chi connectivity index (χ1n) is 9.10. The van der Waals surface area contributed by atoms with Crippen molar-refractivity contribution in [3.8, 4) is 11.8 Å². The lowest BCUT2D eigenvalue weighted by Crippen LogP contribution is -2.50. The highest BCUT2D eigenvalue weighted by Crippen LogP contribution is 2.19. The molecule has 0 saturated heterocycles. The van der Waals surface area contributed by atoms with Crippen LogP contribution in [0, 0.1) is 17.2 Å². The van der Waals surface area contributed by atoms with Crippen molar-refractivity contribution < 1.29 is 14.3 Å². The van der Waals surface area contributed by atoms with E-state index in [9.17, 15) is 14.9 Å².